The van der Waals surface area contributed by atoms with Crippen molar-refractivity contribution in [2.75, 3.05) is 7.11 Å². The summed E-state index contributed by atoms with van der Waals surface area (Å²) in [7, 11) is 1.50. The molecule has 1 atom stereocenters. The predicted molar refractivity (Wildman–Crippen MR) is 118 cm³/mol. The van der Waals surface area contributed by atoms with Gasteiger partial charge in [-0.2, -0.15) is 23.4 Å². The smallest absolute Gasteiger partial charge is 0.433 e. The van der Waals surface area contributed by atoms with Gasteiger partial charge in [0.1, 0.15) is 5.75 Å². The average Bonchev–Trinajstić information content (AvgIpc) is 3.41. The van der Waals surface area contributed by atoms with Gasteiger partial charge in [-0.1, -0.05) is 0 Å². The maximum Gasteiger partial charge on any atom is 0.433 e. The summed E-state index contributed by atoms with van der Waals surface area (Å²) in [6, 6.07) is 8.23. The van der Waals surface area contributed by atoms with Crippen LogP contribution in [0.2, 0.25) is 0 Å². The van der Waals surface area contributed by atoms with Crippen molar-refractivity contribution in [1.82, 2.24) is 29.7 Å². The number of aryl methyl sites for hydroxylation is 1. The Morgan fingerprint density at radius 2 is 1.91 bits per heavy atom. The molecule has 0 bridgehead atoms. The number of alkyl halides is 3. The van der Waals surface area contributed by atoms with Crippen molar-refractivity contribution in [3.05, 3.63) is 65.2 Å². The molecule has 0 saturated heterocycles. The molecule has 3 aromatic heterocycles. The van der Waals surface area contributed by atoms with Gasteiger partial charge in [-0.15, -0.1) is 0 Å². The SMILES string of the molecule is CCn1ncc(C(C)NC(=O)c2cc3nc(-c4ccc(OC)cc4)cc(C(F)(F)F)n3n2)c1C. The third kappa shape index (κ3) is 4.33. The Labute approximate surface area is 193 Å². The lowest BCUT2D eigenvalue weighted by Crippen LogP contribution is -2.27. The van der Waals surface area contributed by atoms with Crippen LogP contribution in [0.3, 0.4) is 0 Å². The van der Waals surface area contributed by atoms with Gasteiger partial charge in [0.05, 0.1) is 25.0 Å². The van der Waals surface area contributed by atoms with E-state index in [2.05, 4.69) is 20.5 Å². The van der Waals surface area contributed by atoms with Gasteiger partial charge < -0.3 is 10.1 Å². The number of hydrogen-bond donors (Lipinski definition) is 1. The van der Waals surface area contributed by atoms with E-state index < -0.39 is 23.8 Å². The molecule has 1 unspecified atom stereocenters. The second kappa shape index (κ2) is 8.81. The molecule has 0 spiro atoms. The van der Waals surface area contributed by atoms with Crippen LogP contribution < -0.4 is 10.1 Å². The summed E-state index contributed by atoms with van der Waals surface area (Å²) in [6.45, 7) is 6.30. The number of nitrogens with zero attached hydrogens (tertiary/aromatic N) is 5. The van der Waals surface area contributed by atoms with Gasteiger partial charge in [-0.3, -0.25) is 9.48 Å². The van der Waals surface area contributed by atoms with Crippen molar-refractivity contribution in [3.8, 4) is 17.0 Å². The molecule has 1 aromatic carbocycles. The number of hydrogen-bond acceptors (Lipinski definition) is 5. The van der Waals surface area contributed by atoms with Crippen molar-refractivity contribution >= 4 is 11.6 Å². The molecule has 0 saturated carbocycles. The minimum atomic E-state index is -4.71. The Hall–Kier alpha value is -3.89. The van der Waals surface area contributed by atoms with Crippen LogP contribution >= 0.6 is 0 Å². The summed E-state index contributed by atoms with van der Waals surface area (Å²) in [5.74, 6) is -0.0428. The van der Waals surface area contributed by atoms with Gasteiger partial charge >= 0.3 is 6.18 Å². The maximum absolute atomic E-state index is 13.8. The van der Waals surface area contributed by atoms with Crippen LogP contribution in [0.25, 0.3) is 16.9 Å². The molecule has 8 nitrogen and oxygen atoms in total. The van der Waals surface area contributed by atoms with Crippen molar-refractivity contribution in [1.29, 1.82) is 0 Å². The minimum Gasteiger partial charge on any atom is -0.497 e. The van der Waals surface area contributed by atoms with Crippen molar-refractivity contribution < 1.29 is 22.7 Å². The standard InChI is InChI=1S/C23H23F3N6O2/c1-5-31-14(3)17(12-27-31)13(2)28-22(33)19-11-21-29-18(15-6-8-16(34-4)9-7-15)10-20(23(24,25)26)32(21)30-19/h6-13H,5H2,1-4H3,(H,28,33). The van der Waals surface area contributed by atoms with Gasteiger partial charge in [0.25, 0.3) is 5.91 Å². The summed E-state index contributed by atoms with van der Waals surface area (Å²) < 4.78 is 49.0. The second-order valence-corrected chi connectivity index (χ2v) is 7.75. The zero-order valence-corrected chi connectivity index (χ0v) is 19.0. The van der Waals surface area contributed by atoms with E-state index in [0.29, 0.717) is 22.4 Å². The molecule has 4 rings (SSSR count). The molecule has 0 aliphatic heterocycles. The molecule has 0 fully saturated rings. The van der Waals surface area contributed by atoms with Gasteiger partial charge in [0.2, 0.25) is 0 Å². The van der Waals surface area contributed by atoms with Crippen molar-refractivity contribution in [3.63, 3.8) is 0 Å². The Morgan fingerprint density at radius 1 is 1.21 bits per heavy atom. The number of ether oxygens (including phenoxy) is 1. The van der Waals surface area contributed by atoms with Crippen LogP contribution in [-0.2, 0) is 12.7 Å². The number of amides is 1. The Bertz CT molecular complexity index is 1340. The van der Waals surface area contributed by atoms with Crippen LogP contribution in [0.4, 0.5) is 13.2 Å². The zero-order chi connectivity index (χ0) is 24.6. The topological polar surface area (TPSA) is 86.3 Å². The molecule has 0 radical (unpaired) electrons. The van der Waals surface area contributed by atoms with Crippen molar-refractivity contribution in [2.24, 2.45) is 0 Å². The van der Waals surface area contributed by atoms with Crippen LogP contribution in [0.15, 0.2) is 42.6 Å². The van der Waals surface area contributed by atoms with E-state index in [4.69, 9.17) is 4.74 Å². The van der Waals surface area contributed by atoms with E-state index in [0.717, 1.165) is 17.3 Å². The molecule has 178 valence electrons. The first-order chi connectivity index (χ1) is 16.1. The normalized spacial score (nSPS) is 12.7. The minimum absolute atomic E-state index is 0.0894. The van der Waals surface area contributed by atoms with Crippen LogP contribution in [0.5, 0.6) is 5.75 Å². The van der Waals surface area contributed by atoms with Crippen LogP contribution in [0, 0.1) is 6.92 Å². The maximum atomic E-state index is 13.8. The second-order valence-electron chi connectivity index (χ2n) is 7.75. The Morgan fingerprint density at radius 3 is 2.50 bits per heavy atom. The monoisotopic (exact) mass is 472 g/mol. The first kappa shape index (κ1) is 23.3. The number of halogens is 3. The fourth-order valence-corrected chi connectivity index (χ4v) is 3.75. The quantitative estimate of drug-likeness (QED) is 0.448. The molecule has 11 heteroatoms. The number of carbonyl (C=O) groups is 1. The molecule has 1 amide bonds. The van der Waals surface area contributed by atoms with Gasteiger partial charge in [0, 0.05) is 29.4 Å². The number of aromatic nitrogens is 5. The molecule has 0 aliphatic rings. The van der Waals surface area contributed by atoms with E-state index in [9.17, 15) is 18.0 Å². The van der Waals surface area contributed by atoms with Crippen LogP contribution in [-0.4, -0.2) is 37.4 Å². The first-order valence-electron chi connectivity index (χ1n) is 10.6. The van der Waals surface area contributed by atoms with E-state index in [1.54, 1.807) is 42.1 Å². The van der Waals surface area contributed by atoms with E-state index in [-0.39, 0.29) is 17.0 Å². The predicted octanol–water partition coefficient (Wildman–Crippen LogP) is 4.44. The lowest BCUT2D eigenvalue weighted by atomic mass is 10.1. The summed E-state index contributed by atoms with van der Waals surface area (Å²) in [5.41, 5.74) is 0.995. The fraction of sp³-hybridized carbons (Fsp3) is 0.304. The highest BCUT2D eigenvalue weighted by Gasteiger charge is 2.35. The summed E-state index contributed by atoms with van der Waals surface area (Å²) in [4.78, 5) is 17.1. The fourth-order valence-electron chi connectivity index (χ4n) is 3.75. The molecular weight excluding hydrogens is 449 g/mol. The molecule has 3 heterocycles. The first-order valence-corrected chi connectivity index (χ1v) is 10.6. The van der Waals surface area contributed by atoms with E-state index >= 15 is 0 Å². The molecule has 4 aromatic rings. The van der Waals surface area contributed by atoms with E-state index in [1.165, 1.54) is 13.2 Å². The number of methoxy groups -OCH3 is 1. The van der Waals surface area contributed by atoms with E-state index in [1.807, 2.05) is 13.8 Å². The lowest BCUT2D eigenvalue weighted by Gasteiger charge is -2.13. The lowest BCUT2D eigenvalue weighted by molar-refractivity contribution is -0.142. The average molecular weight is 472 g/mol. The number of fused-ring (bicyclic) bond motifs is 1. The third-order valence-electron chi connectivity index (χ3n) is 5.59. The summed E-state index contributed by atoms with van der Waals surface area (Å²) in [5, 5.41) is 11.0. The molecular formula is C23H23F3N6O2. The largest absolute Gasteiger partial charge is 0.497 e. The third-order valence-corrected chi connectivity index (χ3v) is 5.59. The number of carbonyl (C=O) groups excluding carboxylic acids is 1. The summed E-state index contributed by atoms with van der Waals surface area (Å²) >= 11 is 0. The van der Waals surface area contributed by atoms with Crippen molar-refractivity contribution in [2.45, 2.75) is 39.5 Å². The van der Waals surface area contributed by atoms with Gasteiger partial charge in [-0.25, -0.2) is 9.50 Å². The number of benzene rings is 1. The summed E-state index contributed by atoms with van der Waals surface area (Å²) in [6.07, 6.45) is -3.04. The highest BCUT2D eigenvalue weighted by molar-refractivity contribution is 5.93. The zero-order valence-electron chi connectivity index (χ0n) is 19.0. The molecule has 34 heavy (non-hydrogen) atoms. The van der Waals surface area contributed by atoms with Gasteiger partial charge in [0.15, 0.2) is 17.0 Å². The Kier molecular flexibility index (Phi) is 6.03. The molecule has 1 N–H and O–H groups in total. The highest BCUT2D eigenvalue weighted by Crippen LogP contribution is 2.32. The number of nitrogens with one attached hydrogen (secondary N) is 1. The Balaban J connectivity index is 1.70. The molecule has 0 aliphatic carbocycles. The number of rotatable bonds is 6. The highest BCUT2D eigenvalue weighted by atomic mass is 19.4. The van der Waals surface area contributed by atoms with Crippen LogP contribution in [0.1, 0.15) is 47.3 Å². The van der Waals surface area contributed by atoms with Gasteiger partial charge in [-0.05, 0) is 51.1 Å².